The fraction of sp³-hybridized carbons (Fsp3) is 0.308. The van der Waals surface area contributed by atoms with Crippen molar-refractivity contribution >= 4 is 11.5 Å². The predicted octanol–water partition coefficient (Wildman–Crippen LogP) is 3.42. The number of benzene rings is 1. The lowest BCUT2D eigenvalue weighted by Crippen LogP contribution is -2.22. The molecule has 0 aliphatic carbocycles. The number of aryl methyl sites for hydroxylation is 1. The Morgan fingerprint density at radius 2 is 1.89 bits per heavy atom. The normalized spacial score (nSPS) is 12.2. The molecule has 0 bridgehead atoms. The summed E-state index contributed by atoms with van der Waals surface area (Å²) in [6, 6.07) is 6.94. The van der Waals surface area contributed by atoms with E-state index in [0.29, 0.717) is 11.8 Å². The number of hydrogen-bond donors (Lipinski definition) is 1. The number of ketones is 1. The van der Waals surface area contributed by atoms with Gasteiger partial charge in [-0.2, -0.15) is 13.2 Å². The number of nitrogens with one attached hydrogen (secondary N) is 1. The van der Waals surface area contributed by atoms with Crippen LogP contribution in [-0.2, 0) is 9.53 Å². The number of rotatable bonds is 5. The number of carbonyl (C=O) groups excluding carboxylic acids is 1. The van der Waals surface area contributed by atoms with Crippen LogP contribution in [0.2, 0.25) is 0 Å². The van der Waals surface area contributed by atoms with Crippen LogP contribution in [0.3, 0.4) is 0 Å². The Labute approximate surface area is 109 Å². The van der Waals surface area contributed by atoms with E-state index in [1.165, 1.54) is 0 Å². The largest absolute Gasteiger partial charge is 0.479 e. The lowest BCUT2D eigenvalue weighted by Gasteiger charge is -2.12. The van der Waals surface area contributed by atoms with Gasteiger partial charge in [0, 0.05) is 5.69 Å². The van der Waals surface area contributed by atoms with Crippen LogP contribution in [0.1, 0.15) is 12.5 Å². The van der Waals surface area contributed by atoms with Crippen LogP contribution >= 0.6 is 0 Å². The van der Waals surface area contributed by atoms with Gasteiger partial charge in [-0.15, -0.1) is 0 Å². The summed E-state index contributed by atoms with van der Waals surface area (Å²) in [7, 11) is 0. The highest BCUT2D eigenvalue weighted by Crippen LogP contribution is 2.19. The Bertz CT molecular complexity index is 464. The first-order chi connectivity index (χ1) is 8.82. The van der Waals surface area contributed by atoms with Gasteiger partial charge < -0.3 is 10.1 Å². The molecule has 1 rings (SSSR count). The standard InChI is InChI=1S/C13H14F3NO2/c1-3-19-12(8-11(18)13(14,15)16)17-10-6-4-9(2)5-7-10/h4-8,17H,3H2,1-2H3/b12-8-. The number of alkyl halides is 3. The average molecular weight is 273 g/mol. The zero-order valence-corrected chi connectivity index (χ0v) is 10.5. The van der Waals surface area contributed by atoms with Crippen molar-refractivity contribution in [1.82, 2.24) is 0 Å². The molecule has 0 radical (unpaired) electrons. The van der Waals surface area contributed by atoms with Crippen molar-refractivity contribution in [1.29, 1.82) is 0 Å². The lowest BCUT2D eigenvalue weighted by atomic mass is 10.2. The van der Waals surface area contributed by atoms with Crippen molar-refractivity contribution in [2.45, 2.75) is 20.0 Å². The van der Waals surface area contributed by atoms with E-state index in [9.17, 15) is 18.0 Å². The maximum atomic E-state index is 12.2. The van der Waals surface area contributed by atoms with E-state index in [2.05, 4.69) is 5.32 Å². The smallest absolute Gasteiger partial charge is 0.454 e. The monoisotopic (exact) mass is 273 g/mol. The second-order valence-electron chi connectivity index (χ2n) is 3.79. The molecule has 1 N–H and O–H groups in total. The third kappa shape index (κ3) is 5.03. The van der Waals surface area contributed by atoms with Crippen LogP contribution in [0, 0.1) is 6.92 Å². The molecule has 0 aliphatic rings. The van der Waals surface area contributed by atoms with Gasteiger partial charge >= 0.3 is 6.18 Å². The van der Waals surface area contributed by atoms with E-state index < -0.39 is 12.0 Å². The molecule has 0 spiro atoms. The minimum Gasteiger partial charge on any atom is -0.479 e. The molecule has 0 amide bonds. The van der Waals surface area contributed by atoms with Crippen LogP contribution in [-0.4, -0.2) is 18.6 Å². The Hall–Kier alpha value is -1.98. The van der Waals surface area contributed by atoms with Crippen molar-refractivity contribution in [3.05, 3.63) is 41.8 Å². The van der Waals surface area contributed by atoms with Crippen molar-refractivity contribution in [3.63, 3.8) is 0 Å². The molecule has 0 atom stereocenters. The molecule has 0 fully saturated rings. The number of anilines is 1. The average Bonchev–Trinajstić information content (AvgIpc) is 2.31. The third-order valence-corrected chi connectivity index (χ3v) is 2.16. The molecule has 0 aromatic heterocycles. The molecule has 6 heteroatoms. The number of hydrogen-bond acceptors (Lipinski definition) is 3. The molecular weight excluding hydrogens is 259 g/mol. The first kappa shape index (κ1) is 15.1. The summed E-state index contributed by atoms with van der Waals surface area (Å²) in [4.78, 5) is 10.9. The second-order valence-corrected chi connectivity index (χ2v) is 3.79. The summed E-state index contributed by atoms with van der Waals surface area (Å²) in [5, 5.41) is 2.63. The Morgan fingerprint density at radius 1 is 1.32 bits per heavy atom. The number of carbonyl (C=O) groups is 1. The maximum Gasteiger partial charge on any atom is 0.454 e. The van der Waals surface area contributed by atoms with Crippen LogP contribution in [0.5, 0.6) is 0 Å². The van der Waals surface area contributed by atoms with Crippen molar-refractivity contribution in [3.8, 4) is 0 Å². The Morgan fingerprint density at radius 3 is 2.37 bits per heavy atom. The zero-order valence-electron chi connectivity index (χ0n) is 10.5. The highest BCUT2D eigenvalue weighted by atomic mass is 19.4. The summed E-state index contributed by atoms with van der Waals surface area (Å²) in [5.74, 6) is -2.19. The highest BCUT2D eigenvalue weighted by Gasteiger charge is 2.37. The van der Waals surface area contributed by atoms with E-state index in [-0.39, 0.29) is 12.5 Å². The van der Waals surface area contributed by atoms with Crippen LogP contribution in [0.25, 0.3) is 0 Å². The molecule has 0 heterocycles. The van der Waals surface area contributed by atoms with Crippen molar-refractivity contribution in [2.75, 3.05) is 11.9 Å². The molecule has 19 heavy (non-hydrogen) atoms. The Balaban J connectivity index is 2.86. The summed E-state index contributed by atoms with van der Waals surface area (Å²) in [6.45, 7) is 3.65. The minimum absolute atomic E-state index is 0.149. The minimum atomic E-state index is -4.91. The van der Waals surface area contributed by atoms with E-state index in [4.69, 9.17) is 4.74 Å². The fourth-order valence-corrected chi connectivity index (χ4v) is 1.25. The SMILES string of the molecule is CCO/C(=C\C(=O)C(F)(F)F)Nc1ccc(C)cc1. The highest BCUT2D eigenvalue weighted by molar-refractivity contribution is 5.95. The molecule has 0 saturated heterocycles. The van der Waals surface area contributed by atoms with Gasteiger partial charge in [0.15, 0.2) is 5.88 Å². The lowest BCUT2D eigenvalue weighted by molar-refractivity contribution is -0.165. The van der Waals surface area contributed by atoms with E-state index >= 15 is 0 Å². The molecule has 0 unspecified atom stereocenters. The number of halogens is 3. The van der Waals surface area contributed by atoms with Crippen LogP contribution in [0.15, 0.2) is 36.2 Å². The quantitative estimate of drug-likeness (QED) is 0.660. The van der Waals surface area contributed by atoms with E-state index in [0.717, 1.165) is 5.56 Å². The molecular formula is C13H14F3NO2. The summed E-state index contributed by atoms with van der Waals surface area (Å²) in [5.41, 5.74) is 1.55. The van der Waals surface area contributed by atoms with Gasteiger partial charge in [-0.25, -0.2) is 0 Å². The van der Waals surface area contributed by atoms with Crippen molar-refractivity contribution in [2.24, 2.45) is 0 Å². The first-order valence-corrected chi connectivity index (χ1v) is 5.62. The van der Waals surface area contributed by atoms with Gasteiger partial charge in [-0.1, -0.05) is 17.7 Å². The second kappa shape index (κ2) is 6.26. The maximum absolute atomic E-state index is 12.2. The van der Waals surface area contributed by atoms with Gasteiger partial charge in [0.05, 0.1) is 12.7 Å². The zero-order chi connectivity index (χ0) is 14.5. The topological polar surface area (TPSA) is 38.3 Å². The van der Waals surface area contributed by atoms with Crippen LogP contribution < -0.4 is 5.32 Å². The van der Waals surface area contributed by atoms with E-state index in [1.54, 1.807) is 31.2 Å². The van der Waals surface area contributed by atoms with E-state index in [1.807, 2.05) is 6.92 Å². The first-order valence-electron chi connectivity index (χ1n) is 5.62. The predicted molar refractivity (Wildman–Crippen MR) is 65.6 cm³/mol. The third-order valence-electron chi connectivity index (χ3n) is 2.16. The van der Waals surface area contributed by atoms with Gasteiger partial charge in [0.1, 0.15) is 0 Å². The molecule has 0 aliphatic heterocycles. The van der Waals surface area contributed by atoms with Crippen molar-refractivity contribution < 1.29 is 22.7 Å². The summed E-state index contributed by atoms with van der Waals surface area (Å²) < 4.78 is 41.5. The summed E-state index contributed by atoms with van der Waals surface area (Å²) in [6.07, 6.45) is -4.50. The van der Waals surface area contributed by atoms with Gasteiger partial charge in [-0.05, 0) is 26.0 Å². The molecule has 104 valence electrons. The van der Waals surface area contributed by atoms with Gasteiger partial charge in [-0.3, -0.25) is 4.79 Å². The number of allylic oxidation sites excluding steroid dienone is 1. The molecule has 1 aromatic carbocycles. The fourth-order valence-electron chi connectivity index (χ4n) is 1.25. The number of ether oxygens (including phenoxy) is 1. The van der Waals surface area contributed by atoms with Gasteiger partial charge in [0.2, 0.25) is 0 Å². The van der Waals surface area contributed by atoms with Gasteiger partial charge in [0.25, 0.3) is 5.78 Å². The molecule has 0 saturated carbocycles. The van der Waals surface area contributed by atoms with Crippen LogP contribution in [0.4, 0.5) is 18.9 Å². The molecule has 3 nitrogen and oxygen atoms in total. The Kier molecular flexibility index (Phi) is 4.97. The molecule has 1 aromatic rings. The summed E-state index contributed by atoms with van der Waals surface area (Å²) >= 11 is 0.